The molecule has 0 bridgehead atoms. The van der Waals surface area contributed by atoms with Crippen molar-refractivity contribution in [2.75, 3.05) is 4.72 Å². The number of nitrogens with zero attached hydrogens (tertiary/aromatic N) is 2. The van der Waals surface area contributed by atoms with Gasteiger partial charge in [0.25, 0.3) is 10.0 Å². The Labute approximate surface area is 197 Å². The van der Waals surface area contributed by atoms with Crippen LogP contribution in [0, 0.1) is 13.8 Å². The van der Waals surface area contributed by atoms with Gasteiger partial charge in [0, 0.05) is 16.7 Å². The van der Waals surface area contributed by atoms with Gasteiger partial charge in [0.1, 0.15) is 6.26 Å². The van der Waals surface area contributed by atoms with E-state index in [0.717, 1.165) is 22.3 Å². The highest BCUT2D eigenvalue weighted by molar-refractivity contribution is 7.92. The maximum Gasteiger partial charge on any atom is 0.264 e. The molecule has 2 aromatic heterocycles. The molecule has 7 nitrogen and oxygen atoms in total. The number of benzene rings is 3. The lowest BCUT2D eigenvalue weighted by Gasteiger charge is -2.16. The first-order chi connectivity index (χ1) is 16.4. The van der Waals surface area contributed by atoms with E-state index in [2.05, 4.69) is 14.9 Å². The predicted molar refractivity (Wildman–Crippen MR) is 130 cm³/mol. The number of sulfonamides is 1. The number of hydrogen-bond acceptors (Lipinski definition) is 6. The first kappa shape index (κ1) is 21.7. The molecular weight excluding hydrogens is 450 g/mol. The van der Waals surface area contributed by atoms with Crippen LogP contribution in [0.2, 0.25) is 0 Å². The van der Waals surface area contributed by atoms with Crippen molar-refractivity contribution in [3.05, 3.63) is 96.5 Å². The molecule has 0 atom stereocenters. The molecule has 0 aliphatic rings. The SMILES string of the molecule is Cc1noc(NS(=O)(=O)c2ccccc2-c2ccc(-c3ncco3)cc2-c2ccccc2)c1C. The Morgan fingerprint density at radius 1 is 0.824 bits per heavy atom. The minimum Gasteiger partial charge on any atom is -0.445 e. The highest BCUT2D eigenvalue weighted by atomic mass is 32.2. The van der Waals surface area contributed by atoms with Gasteiger partial charge < -0.3 is 8.94 Å². The van der Waals surface area contributed by atoms with Gasteiger partial charge in [-0.25, -0.2) is 18.1 Å². The second-order valence-electron chi connectivity index (χ2n) is 7.79. The van der Waals surface area contributed by atoms with E-state index in [0.29, 0.717) is 22.7 Å². The molecule has 0 saturated heterocycles. The summed E-state index contributed by atoms with van der Waals surface area (Å²) in [5, 5.41) is 3.85. The quantitative estimate of drug-likeness (QED) is 0.322. The lowest BCUT2D eigenvalue weighted by atomic mass is 9.92. The second-order valence-corrected chi connectivity index (χ2v) is 9.44. The number of aryl methyl sites for hydroxylation is 1. The summed E-state index contributed by atoms with van der Waals surface area (Å²) in [6.07, 6.45) is 3.11. The fourth-order valence-electron chi connectivity index (χ4n) is 3.75. The molecule has 0 aliphatic heterocycles. The van der Waals surface area contributed by atoms with Crippen LogP contribution in [0.15, 0.2) is 99.1 Å². The van der Waals surface area contributed by atoms with E-state index in [-0.39, 0.29) is 10.8 Å². The summed E-state index contributed by atoms with van der Waals surface area (Å²) in [4.78, 5) is 4.38. The lowest BCUT2D eigenvalue weighted by molar-refractivity contribution is 0.430. The Kier molecular flexibility index (Phi) is 5.51. The van der Waals surface area contributed by atoms with Crippen molar-refractivity contribution in [1.29, 1.82) is 0 Å². The zero-order chi connectivity index (χ0) is 23.7. The Balaban J connectivity index is 1.67. The third kappa shape index (κ3) is 3.99. The fraction of sp³-hybridized carbons (Fsp3) is 0.0769. The lowest BCUT2D eigenvalue weighted by Crippen LogP contribution is -2.14. The number of oxazole rings is 1. The molecule has 0 aliphatic carbocycles. The van der Waals surface area contributed by atoms with E-state index < -0.39 is 10.0 Å². The maximum atomic E-state index is 13.4. The van der Waals surface area contributed by atoms with Gasteiger partial charge in [0.2, 0.25) is 11.8 Å². The van der Waals surface area contributed by atoms with Crippen LogP contribution in [0.5, 0.6) is 0 Å². The molecular formula is C26H21N3O4S. The van der Waals surface area contributed by atoms with E-state index in [4.69, 9.17) is 8.94 Å². The van der Waals surface area contributed by atoms with Crippen molar-refractivity contribution in [2.45, 2.75) is 18.7 Å². The highest BCUT2D eigenvalue weighted by Gasteiger charge is 2.24. The largest absolute Gasteiger partial charge is 0.445 e. The van der Waals surface area contributed by atoms with Gasteiger partial charge in [-0.1, -0.05) is 59.8 Å². The molecule has 5 aromatic rings. The molecule has 8 heteroatoms. The highest BCUT2D eigenvalue weighted by Crippen LogP contribution is 2.38. The molecule has 0 saturated carbocycles. The number of rotatable bonds is 6. The van der Waals surface area contributed by atoms with Crippen LogP contribution in [0.3, 0.4) is 0 Å². The Morgan fingerprint density at radius 2 is 1.59 bits per heavy atom. The Bertz CT molecular complexity index is 1560. The van der Waals surface area contributed by atoms with Crippen molar-refractivity contribution >= 4 is 15.9 Å². The molecule has 0 radical (unpaired) electrons. The molecule has 5 rings (SSSR count). The van der Waals surface area contributed by atoms with Crippen molar-refractivity contribution < 1.29 is 17.4 Å². The Hall–Kier alpha value is -4.17. The molecule has 0 amide bonds. The fourth-order valence-corrected chi connectivity index (χ4v) is 5.02. The van der Waals surface area contributed by atoms with Gasteiger partial charge in [0.15, 0.2) is 0 Å². The number of hydrogen-bond donors (Lipinski definition) is 1. The molecule has 34 heavy (non-hydrogen) atoms. The molecule has 0 fully saturated rings. The second kappa shape index (κ2) is 8.64. The summed E-state index contributed by atoms with van der Waals surface area (Å²) in [6, 6.07) is 22.4. The number of nitrogens with one attached hydrogen (secondary N) is 1. The van der Waals surface area contributed by atoms with Crippen LogP contribution < -0.4 is 4.72 Å². The summed E-state index contributed by atoms with van der Waals surface area (Å²) in [5.41, 5.74) is 5.16. The van der Waals surface area contributed by atoms with Crippen LogP contribution in [-0.4, -0.2) is 18.6 Å². The van der Waals surface area contributed by atoms with Crippen molar-refractivity contribution in [3.63, 3.8) is 0 Å². The summed E-state index contributed by atoms with van der Waals surface area (Å²) in [7, 11) is -3.97. The zero-order valence-corrected chi connectivity index (χ0v) is 19.3. The summed E-state index contributed by atoms with van der Waals surface area (Å²) < 4.78 is 40.1. The van der Waals surface area contributed by atoms with Crippen LogP contribution in [0.25, 0.3) is 33.7 Å². The third-order valence-electron chi connectivity index (χ3n) is 5.63. The van der Waals surface area contributed by atoms with Crippen molar-refractivity contribution in [2.24, 2.45) is 0 Å². The van der Waals surface area contributed by atoms with Gasteiger partial charge in [-0.2, -0.15) is 0 Å². The molecule has 1 N–H and O–H groups in total. The monoisotopic (exact) mass is 471 g/mol. The van der Waals surface area contributed by atoms with Crippen LogP contribution >= 0.6 is 0 Å². The standard InChI is InChI=1S/C26H21N3O4S/c1-17-18(2)28-33-25(17)29-34(30,31)24-11-7-6-10-22(24)21-13-12-20(26-27-14-15-32-26)16-23(21)19-8-4-3-5-9-19/h3-16,29H,1-2H3. The van der Waals surface area contributed by atoms with Gasteiger partial charge in [-0.15, -0.1) is 0 Å². The van der Waals surface area contributed by atoms with E-state index in [1.165, 1.54) is 6.26 Å². The maximum absolute atomic E-state index is 13.4. The predicted octanol–water partition coefficient (Wildman–Crippen LogP) is 6.08. The van der Waals surface area contributed by atoms with Gasteiger partial charge in [-0.3, -0.25) is 0 Å². The van der Waals surface area contributed by atoms with Crippen molar-refractivity contribution in [3.8, 4) is 33.7 Å². The first-order valence-electron chi connectivity index (χ1n) is 10.6. The summed E-state index contributed by atoms with van der Waals surface area (Å²) >= 11 is 0. The van der Waals surface area contributed by atoms with Gasteiger partial charge >= 0.3 is 0 Å². The molecule has 2 heterocycles. The molecule has 0 unspecified atom stereocenters. The van der Waals surface area contributed by atoms with Gasteiger partial charge in [0.05, 0.1) is 16.8 Å². The minimum atomic E-state index is -3.97. The number of aromatic nitrogens is 2. The number of anilines is 1. The van der Waals surface area contributed by atoms with E-state index in [9.17, 15) is 8.42 Å². The normalized spacial score (nSPS) is 11.5. The minimum absolute atomic E-state index is 0.106. The third-order valence-corrected chi connectivity index (χ3v) is 7.02. The van der Waals surface area contributed by atoms with Gasteiger partial charge in [-0.05, 0) is 48.7 Å². The van der Waals surface area contributed by atoms with Crippen molar-refractivity contribution in [1.82, 2.24) is 10.1 Å². The average Bonchev–Trinajstić information content (AvgIpc) is 3.51. The zero-order valence-electron chi connectivity index (χ0n) is 18.5. The van der Waals surface area contributed by atoms with E-state index in [1.807, 2.05) is 54.6 Å². The average molecular weight is 472 g/mol. The van der Waals surface area contributed by atoms with E-state index in [1.54, 1.807) is 38.2 Å². The van der Waals surface area contributed by atoms with Crippen LogP contribution in [-0.2, 0) is 10.0 Å². The smallest absolute Gasteiger partial charge is 0.264 e. The molecule has 170 valence electrons. The Morgan fingerprint density at radius 3 is 2.29 bits per heavy atom. The summed E-state index contributed by atoms with van der Waals surface area (Å²) in [6.45, 7) is 3.51. The molecule has 3 aromatic carbocycles. The van der Waals surface area contributed by atoms with Crippen LogP contribution in [0.1, 0.15) is 11.3 Å². The molecule has 0 spiro atoms. The van der Waals surface area contributed by atoms with Crippen LogP contribution in [0.4, 0.5) is 5.88 Å². The summed E-state index contributed by atoms with van der Waals surface area (Å²) in [5.74, 6) is 0.595. The van der Waals surface area contributed by atoms with E-state index >= 15 is 0 Å². The first-order valence-corrected chi connectivity index (χ1v) is 12.1. The topological polar surface area (TPSA) is 98.2 Å².